The van der Waals surface area contributed by atoms with Crippen molar-refractivity contribution in [1.82, 2.24) is 0 Å². The van der Waals surface area contributed by atoms with Crippen LogP contribution in [-0.4, -0.2) is 24.8 Å². The maximum atomic E-state index is 11.6. The van der Waals surface area contributed by atoms with Gasteiger partial charge in [0.25, 0.3) is 0 Å². The third-order valence-corrected chi connectivity index (χ3v) is 4.71. The lowest BCUT2D eigenvalue weighted by Crippen LogP contribution is -2.16. The van der Waals surface area contributed by atoms with Crippen LogP contribution in [0.15, 0.2) is 48.5 Å². The molecule has 0 bridgehead atoms. The van der Waals surface area contributed by atoms with Crippen molar-refractivity contribution in [3.05, 3.63) is 59.7 Å². The monoisotopic (exact) mass is 370 g/mol. The number of hydrogen-bond donors (Lipinski definition) is 1. The largest absolute Gasteiger partial charge is 0.493 e. The highest BCUT2D eigenvalue weighted by Crippen LogP contribution is 2.30. The van der Waals surface area contributed by atoms with Crippen LogP contribution >= 0.6 is 0 Å². The molecule has 2 rings (SSSR count). The van der Waals surface area contributed by atoms with Crippen molar-refractivity contribution >= 4 is 5.97 Å². The Morgan fingerprint density at radius 3 is 2.48 bits per heavy atom. The molecular weight excluding hydrogens is 340 g/mol. The van der Waals surface area contributed by atoms with Crippen LogP contribution < -0.4 is 9.47 Å². The fourth-order valence-electron chi connectivity index (χ4n) is 3.12. The number of carboxylic acids is 1. The number of carboxylic acid groups (broad SMARTS) is 1. The fraction of sp³-hybridized carbons (Fsp3) is 0.435. The molecule has 1 unspecified atom stereocenters. The first-order valence-electron chi connectivity index (χ1n) is 9.70. The van der Waals surface area contributed by atoms with Crippen molar-refractivity contribution in [3.8, 4) is 11.5 Å². The van der Waals surface area contributed by atoms with Gasteiger partial charge in [-0.3, -0.25) is 4.79 Å². The van der Waals surface area contributed by atoms with E-state index in [9.17, 15) is 9.90 Å². The van der Waals surface area contributed by atoms with Crippen LogP contribution in [0.4, 0.5) is 0 Å². The van der Waals surface area contributed by atoms with Crippen LogP contribution in [-0.2, 0) is 17.6 Å². The van der Waals surface area contributed by atoms with Gasteiger partial charge in [0.1, 0.15) is 0 Å². The van der Waals surface area contributed by atoms with Gasteiger partial charge in [0, 0.05) is 6.42 Å². The van der Waals surface area contributed by atoms with E-state index in [0.29, 0.717) is 30.9 Å². The first-order chi connectivity index (χ1) is 13.1. The summed E-state index contributed by atoms with van der Waals surface area (Å²) >= 11 is 0. The summed E-state index contributed by atoms with van der Waals surface area (Å²) in [6.45, 7) is 2.67. The molecule has 0 aliphatic carbocycles. The Hall–Kier alpha value is -2.49. The molecule has 0 heterocycles. The number of ether oxygens (including phenoxy) is 2. The first kappa shape index (κ1) is 20.8. The third-order valence-electron chi connectivity index (χ3n) is 4.71. The van der Waals surface area contributed by atoms with Gasteiger partial charge in [0.15, 0.2) is 11.5 Å². The maximum absolute atomic E-state index is 11.6. The Kier molecular flexibility index (Phi) is 8.69. The highest BCUT2D eigenvalue weighted by atomic mass is 16.5. The van der Waals surface area contributed by atoms with E-state index in [0.717, 1.165) is 31.2 Å². The van der Waals surface area contributed by atoms with Gasteiger partial charge in [-0.05, 0) is 36.1 Å². The zero-order valence-corrected chi connectivity index (χ0v) is 16.3. The molecule has 146 valence electrons. The lowest BCUT2D eigenvalue weighted by atomic mass is 9.93. The number of aliphatic carboxylic acids is 1. The summed E-state index contributed by atoms with van der Waals surface area (Å²) in [4.78, 5) is 11.6. The predicted octanol–water partition coefficient (Wildman–Crippen LogP) is 5.14. The van der Waals surface area contributed by atoms with E-state index in [2.05, 4.69) is 19.1 Å². The van der Waals surface area contributed by atoms with Crippen molar-refractivity contribution in [2.75, 3.05) is 13.7 Å². The van der Waals surface area contributed by atoms with Crippen LogP contribution in [0.1, 0.15) is 43.7 Å². The fourth-order valence-corrected chi connectivity index (χ4v) is 3.12. The second-order valence-corrected chi connectivity index (χ2v) is 6.80. The van der Waals surface area contributed by atoms with Crippen LogP contribution in [0.2, 0.25) is 0 Å². The zero-order chi connectivity index (χ0) is 19.5. The van der Waals surface area contributed by atoms with Gasteiger partial charge in [0.2, 0.25) is 0 Å². The average Bonchev–Trinajstić information content (AvgIpc) is 2.68. The highest BCUT2D eigenvalue weighted by molar-refractivity contribution is 5.70. The molecule has 1 atom stereocenters. The van der Waals surface area contributed by atoms with E-state index < -0.39 is 5.97 Å². The van der Waals surface area contributed by atoms with E-state index in [1.807, 2.05) is 36.4 Å². The second-order valence-electron chi connectivity index (χ2n) is 6.80. The molecule has 0 fully saturated rings. The number of methoxy groups -OCH3 is 1. The summed E-state index contributed by atoms with van der Waals surface area (Å²) in [6.07, 6.45) is 5.14. The van der Waals surface area contributed by atoms with E-state index in [1.54, 1.807) is 7.11 Å². The SMILES string of the molecule is CCCCCC(Cc1ccc(OC)c(OCCc2ccccc2)c1)C(=O)O. The molecule has 0 aromatic heterocycles. The summed E-state index contributed by atoms with van der Waals surface area (Å²) in [5, 5.41) is 9.52. The van der Waals surface area contributed by atoms with Gasteiger partial charge < -0.3 is 14.6 Å². The smallest absolute Gasteiger partial charge is 0.306 e. The Labute approximate surface area is 162 Å². The van der Waals surface area contributed by atoms with E-state index in [-0.39, 0.29) is 5.92 Å². The van der Waals surface area contributed by atoms with Gasteiger partial charge in [-0.15, -0.1) is 0 Å². The number of unbranched alkanes of at least 4 members (excludes halogenated alkanes) is 2. The molecular formula is C23H30O4. The van der Waals surface area contributed by atoms with Crippen molar-refractivity contribution in [1.29, 1.82) is 0 Å². The molecule has 2 aromatic carbocycles. The Morgan fingerprint density at radius 2 is 1.81 bits per heavy atom. The first-order valence-corrected chi connectivity index (χ1v) is 9.70. The van der Waals surface area contributed by atoms with Gasteiger partial charge >= 0.3 is 5.97 Å². The Bertz CT molecular complexity index is 697. The predicted molar refractivity (Wildman–Crippen MR) is 108 cm³/mol. The molecule has 0 aliphatic heterocycles. The van der Waals surface area contributed by atoms with Gasteiger partial charge in [0.05, 0.1) is 19.6 Å². The molecule has 1 N–H and O–H groups in total. The minimum Gasteiger partial charge on any atom is -0.493 e. The second kappa shape index (κ2) is 11.3. The van der Waals surface area contributed by atoms with Gasteiger partial charge in [-0.1, -0.05) is 62.6 Å². The van der Waals surface area contributed by atoms with Crippen LogP contribution in [0.25, 0.3) is 0 Å². The average molecular weight is 370 g/mol. The molecule has 0 radical (unpaired) electrons. The molecule has 4 nitrogen and oxygen atoms in total. The summed E-state index contributed by atoms with van der Waals surface area (Å²) < 4.78 is 11.3. The summed E-state index contributed by atoms with van der Waals surface area (Å²) in [5.41, 5.74) is 2.18. The Balaban J connectivity index is 2.00. The third kappa shape index (κ3) is 6.97. The molecule has 0 amide bonds. The Morgan fingerprint density at radius 1 is 1.04 bits per heavy atom. The zero-order valence-electron chi connectivity index (χ0n) is 16.3. The van der Waals surface area contributed by atoms with E-state index in [4.69, 9.17) is 9.47 Å². The summed E-state index contributed by atoms with van der Waals surface area (Å²) in [5.74, 6) is 0.254. The summed E-state index contributed by atoms with van der Waals surface area (Å²) in [7, 11) is 1.61. The number of rotatable bonds is 12. The van der Waals surface area contributed by atoms with E-state index in [1.165, 1.54) is 5.56 Å². The molecule has 0 saturated carbocycles. The highest BCUT2D eigenvalue weighted by Gasteiger charge is 2.18. The number of hydrogen-bond acceptors (Lipinski definition) is 3. The summed E-state index contributed by atoms with van der Waals surface area (Å²) in [6, 6.07) is 15.9. The van der Waals surface area contributed by atoms with Crippen LogP contribution in [0.3, 0.4) is 0 Å². The molecule has 0 saturated heterocycles. The van der Waals surface area contributed by atoms with Crippen LogP contribution in [0.5, 0.6) is 11.5 Å². The van der Waals surface area contributed by atoms with Crippen LogP contribution in [0, 0.1) is 5.92 Å². The lowest BCUT2D eigenvalue weighted by Gasteiger charge is -2.15. The van der Waals surface area contributed by atoms with Gasteiger partial charge in [-0.2, -0.15) is 0 Å². The number of benzene rings is 2. The molecule has 27 heavy (non-hydrogen) atoms. The van der Waals surface area contributed by atoms with Gasteiger partial charge in [-0.25, -0.2) is 0 Å². The topological polar surface area (TPSA) is 55.8 Å². The van der Waals surface area contributed by atoms with Crippen molar-refractivity contribution in [2.45, 2.75) is 45.4 Å². The maximum Gasteiger partial charge on any atom is 0.306 e. The molecule has 0 spiro atoms. The normalized spacial score (nSPS) is 11.8. The van der Waals surface area contributed by atoms with E-state index >= 15 is 0 Å². The molecule has 0 aliphatic rings. The molecule has 2 aromatic rings. The standard InChI is InChI=1S/C23H30O4/c1-3-4-6-11-20(23(24)25)16-19-12-13-21(26-2)22(17-19)27-15-14-18-9-7-5-8-10-18/h5,7-10,12-13,17,20H,3-4,6,11,14-16H2,1-2H3,(H,24,25). The number of carbonyl (C=O) groups is 1. The minimum atomic E-state index is -0.728. The van der Waals surface area contributed by atoms with Crippen molar-refractivity contribution < 1.29 is 19.4 Å². The lowest BCUT2D eigenvalue weighted by molar-refractivity contribution is -0.142. The van der Waals surface area contributed by atoms with Crippen molar-refractivity contribution in [2.24, 2.45) is 5.92 Å². The minimum absolute atomic E-state index is 0.359. The quantitative estimate of drug-likeness (QED) is 0.526. The van der Waals surface area contributed by atoms with Crippen molar-refractivity contribution in [3.63, 3.8) is 0 Å². The molecule has 4 heteroatoms.